The Bertz CT molecular complexity index is 476. The van der Waals surface area contributed by atoms with Crippen molar-refractivity contribution in [3.05, 3.63) is 35.6 Å². The van der Waals surface area contributed by atoms with E-state index >= 15 is 0 Å². The molecular formula is C11H11FN2O4. The normalized spacial score (nSPS) is 9.61. The number of benzene rings is 1. The van der Waals surface area contributed by atoms with Crippen LogP contribution in [0.25, 0.3) is 0 Å². The molecule has 0 fully saturated rings. The Hall–Kier alpha value is -2.44. The van der Waals surface area contributed by atoms with E-state index in [2.05, 4.69) is 10.6 Å². The SMILES string of the molecule is O=C(O)CNC(=O)CNC(=O)c1cccc(F)c1. The van der Waals surface area contributed by atoms with Crippen LogP contribution in [-0.2, 0) is 9.59 Å². The topological polar surface area (TPSA) is 95.5 Å². The molecule has 0 heterocycles. The number of carbonyl (C=O) groups is 3. The van der Waals surface area contributed by atoms with Crippen molar-refractivity contribution in [1.82, 2.24) is 10.6 Å². The minimum Gasteiger partial charge on any atom is -0.480 e. The van der Waals surface area contributed by atoms with Crippen LogP contribution in [0.2, 0.25) is 0 Å². The fourth-order valence-electron chi connectivity index (χ4n) is 1.13. The molecule has 0 saturated carbocycles. The van der Waals surface area contributed by atoms with Gasteiger partial charge in [0, 0.05) is 5.56 Å². The lowest BCUT2D eigenvalue weighted by molar-refractivity contribution is -0.137. The Balaban J connectivity index is 2.42. The average molecular weight is 254 g/mol. The summed E-state index contributed by atoms with van der Waals surface area (Å²) in [7, 11) is 0. The second kappa shape index (κ2) is 6.33. The average Bonchev–Trinajstić information content (AvgIpc) is 2.33. The summed E-state index contributed by atoms with van der Waals surface area (Å²) in [5, 5.41) is 12.6. The zero-order valence-corrected chi connectivity index (χ0v) is 9.27. The number of aliphatic carboxylic acids is 1. The highest BCUT2D eigenvalue weighted by Crippen LogP contribution is 2.02. The molecule has 7 heteroatoms. The minimum absolute atomic E-state index is 0.0843. The van der Waals surface area contributed by atoms with E-state index in [1.165, 1.54) is 18.2 Å². The fourth-order valence-corrected chi connectivity index (χ4v) is 1.13. The van der Waals surface area contributed by atoms with Crippen molar-refractivity contribution in [2.24, 2.45) is 0 Å². The van der Waals surface area contributed by atoms with Gasteiger partial charge in [-0.2, -0.15) is 0 Å². The first-order valence-corrected chi connectivity index (χ1v) is 5.01. The van der Waals surface area contributed by atoms with E-state index in [9.17, 15) is 18.8 Å². The molecule has 3 N–H and O–H groups in total. The molecule has 0 bridgehead atoms. The first-order chi connectivity index (χ1) is 8.49. The van der Waals surface area contributed by atoms with Gasteiger partial charge in [-0.1, -0.05) is 6.07 Å². The van der Waals surface area contributed by atoms with Crippen molar-refractivity contribution >= 4 is 17.8 Å². The van der Waals surface area contributed by atoms with Crippen LogP contribution < -0.4 is 10.6 Å². The molecule has 0 saturated heterocycles. The zero-order valence-electron chi connectivity index (χ0n) is 9.27. The number of rotatable bonds is 5. The van der Waals surface area contributed by atoms with Crippen molar-refractivity contribution < 1.29 is 23.9 Å². The minimum atomic E-state index is -1.18. The first kappa shape index (κ1) is 13.6. The third kappa shape index (κ3) is 4.60. The monoisotopic (exact) mass is 254 g/mol. The molecule has 0 spiro atoms. The smallest absolute Gasteiger partial charge is 0.322 e. The van der Waals surface area contributed by atoms with Crippen molar-refractivity contribution in [3.8, 4) is 0 Å². The second-order valence-corrected chi connectivity index (χ2v) is 3.36. The summed E-state index contributed by atoms with van der Waals surface area (Å²) in [4.78, 5) is 32.7. The van der Waals surface area contributed by atoms with E-state index < -0.39 is 30.1 Å². The number of carboxylic acid groups (broad SMARTS) is 1. The second-order valence-electron chi connectivity index (χ2n) is 3.36. The third-order valence-corrected chi connectivity index (χ3v) is 1.93. The lowest BCUT2D eigenvalue weighted by Crippen LogP contribution is -2.39. The van der Waals surface area contributed by atoms with Gasteiger partial charge in [0.2, 0.25) is 5.91 Å². The van der Waals surface area contributed by atoms with Gasteiger partial charge in [0.1, 0.15) is 12.4 Å². The van der Waals surface area contributed by atoms with E-state index in [0.29, 0.717) is 0 Å². The van der Waals surface area contributed by atoms with Crippen LogP contribution in [0.1, 0.15) is 10.4 Å². The molecular weight excluding hydrogens is 243 g/mol. The number of amides is 2. The summed E-state index contributed by atoms with van der Waals surface area (Å²) in [5.41, 5.74) is 0.0843. The Labute approximate surface area is 102 Å². The summed E-state index contributed by atoms with van der Waals surface area (Å²) >= 11 is 0. The van der Waals surface area contributed by atoms with Crippen LogP contribution in [0.4, 0.5) is 4.39 Å². The van der Waals surface area contributed by atoms with Gasteiger partial charge in [0.05, 0.1) is 6.54 Å². The van der Waals surface area contributed by atoms with E-state index in [-0.39, 0.29) is 12.1 Å². The Morgan fingerprint density at radius 3 is 2.50 bits per heavy atom. The number of nitrogens with one attached hydrogen (secondary N) is 2. The van der Waals surface area contributed by atoms with Gasteiger partial charge in [0.25, 0.3) is 5.91 Å². The maximum atomic E-state index is 12.8. The third-order valence-electron chi connectivity index (χ3n) is 1.93. The van der Waals surface area contributed by atoms with Crippen LogP contribution in [0.5, 0.6) is 0 Å². The van der Waals surface area contributed by atoms with Gasteiger partial charge in [-0.15, -0.1) is 0 Å². The maximum Gasteiger partial charge on any atom is 0.322 e. The first-order valence-electron chi connectivity index (χ1n) is 5.01. The van der Waals surface area contributed by atoms with Crippen LogP contribution in [-0.4, -0.2) is 36.0 Å². The molecule has 0 aliphatic carbocycles. The van der Waals surface area contributed by atoms with Crippen molar-refractivity contribution in [2.75, 3.05) is 13.1 Å². The molecule has 6 nitrogen and oxygen atoms in total. The predicted octanol–water partition coefficient (Wildman–Crippen LogP) is -0.244. The Morgan fingerprint density at radius 1 is 1.17 bits per heavy atom. The summed E-state index contributed by atoms with van der Waals surface area (Å²) in [6.45, 7) is -0.892. The van der Waals surface area contributed by atoms with E-state index in [4.69, 9.17) is 5.11 Å². The Morgan fingerprint density at radius 2 is 1.89 bits per heavy atom. The van der Waals surface area contributed by atoms with Crippen molar-refractivity contribution in [3.63, 3.8) is 0 Å². The van der Waals surface area contributed by atoms with Crippen LogP contribution in [0.3, 0.4) is 0 Å². The van der Waals surface area contributed by atoms with Crippen molar-refractivity contribution in [1.29, 1.82) is 0 Å². The molecule has 0 aliphatic rings. The van der Waals surface area contributed by atoms with Crippen LogP contribution in [0.15, 0.2) is 24.3 Å². The molecule has 0 aromatic heterocycles. The van der Waals surface area contributed by atoms with E-state index in [0.717, 1.165) is 6.07 Å². The number of carbonyl (C=O) groups excluding carboxylic acids is 2. The number of hydrogen-bond donors (Lipinski definition) is 3. The van der Waals surface area contributed by atoms with Gasteiger partial charge < -0.3 is 15.7 Å². The van der Waals surface area contributed by atoms with Gasteiger partial charge in [-0.25, -0.2) is 4.39 Å². The maximum absolute atomic E-state index is 12.8. The number of halogens is 1. The molecule has 1 aromatic carbocycles. The largest absolute Gasteiger partial charge is 0.480 e. The molecule has 0 radical (unpaired) electrons. The summed E-state index contributed by atoms with van der Waals surface area (Å²) in [6.07, 6.45) is 0. The van der Waals surface area contributed by atoms with E-state index in [1.54, 1.807) is 0 Å². The molecule has 0 unspecified atom stereocenters. The summed E-state index contributed by atoms with van der Waals surface area (Å²) < 4.78 is 12.8. The highest BCUT2D eigenvalue weighted by Gasteiger charge is 2.09. The quantitative estimate of drug-likeness (QED) is 0.675. The van der Waals surface area contributed by atoms with Gasteiger partial charge in [-0.3, -0.25) is 14.4 Å². The molecule has 0 aliphatic heterocycles. The van der Waals surface area contributed by atoms with Crippen molar-refractivity contribution in [2.45, 2.75) is 0 Å². The highest BCUT2D eigenvalue weighted by molar-refractivity contribution is 5.96. The molecule has 2 amide bonds. The van der Waals surface area contributed by atoms with Gasteiger partial charge in [-0.05, 0) is 18.2 Å². The molecule has 96 valence electrons. The standard InChI is InChI=1S/C11H11FN2O4/c12-8-3-1-2-7(4-8)11(18)14-5-9(15)13-6-10(16)17/h1-4H,5-6H2,(H,13,15)(H,14,18)(H,16,17). The Kier molecular flexibility index (Phi) is 4.79. The predicted molar refractivity (Wildman–Crippen MR) is 59.4 cm³/mol. The van der Waals surface area contributed by atoms with Crippen LogP contribution in [0, 0.1) is 5.82 Å². The van der Waals surface area contributed by atoms with E-state index in [1.807, 2.05) is 0 Å². The molecule has 0 atom stereocenters. The summed E-state index contributed by atoms with van der Waals surface area (Å²) in [6, 6.07) is 4.99. The zero-order chi connectivity index (χ0) is 13.5. The molecule has 1 aromatic rings. The highest BCUT2D eigenvalue weighted by atomic mass is 19.1. The van der Waals surface area contributed by atoms with Crippen LogP contribution >= 0.6 is 0 Å². The van der Waals surface area contributed by atoms with Gasteiger partial charge in [0.15, 0.2) is 0 Å². The van der Waals surface area contributed by atoms with Gasteiger partial charge >= 0.3 is 5.97 Å². The molecule has 1 rings (SSSR count). The molecule has 18 heavy (non-hydrogen) atoms. The fraction of sp³-hybridized carbons (Fsp3) is 0.182. The number of carboxylic acids is 1. The summed E-state index contributed by atoms with van der Waals surface area (Å²) in [5.74, 6) is -2.99. The lowest BCUT2D eigenvalue weighted by atomic mass is 10.2. The lowest BCUT2D eigenvalue weighted by Gasteiger charge is -2.05. The number of hydrogen-bond acceptors (Lipinski definition) is 3.